The standard InChI is InChI=1S/C29H35Cl2F2N3O4/c1-28(2,3)13-23-29(17-11-21(33)19(31)12-22(17)35-27(29)40)24(15-7-8-20(32)18(30)10-15)25(36-23)26(39)34-9-5-4-6-16(38)14-37/h7-8,10-12,16,23-25,36-38H,4-6,9,13-14H2,1-3H3,(H,34,39)(H,35,40)/t16-,23+,24-,25+,29-/m0/s1. The second kappa shape index (κ2) is 11.9. The Bertz CT molecular complexity index is 1290. The van der Waals surface area contributed by atoms with Gasteiger partial charge in [-0.1, -0.05) is 50.0 Å². The van der Waals surface area contributed by atoms with Crippen LogP contribution in [0.1, 0.15) is 63.5 Å². The predicted molar refractivity (Wildman–Crippen MR) is 151 cm³/mol. The highest BCUT2D eigenvalue weighted by Crippen LogP contribution is 2.57. The van der Waals surface area contributed by atoms with Crippen molar-refractivity contribution in [1.82, 2.24) is 10.6 Å². The number of rotatable bonds is 9. The summed E-state index contributed by atoms with van der Waals surface area (Å²) in [5.74, 6) is -2.99. The van der Waals surface area contributed by atoms with E-state index in [9.17, 15) is 23.5 Å². The van der Waals surface area contributed by atoms with Crippen molar-refractivity contribution >= 4 is 40.7 Å². The minimum Gasteiger partial charge on any atom is -0.394 e. The summed E-state index contributed by atoms with van der Waals surface area (Å²) in [7, 11) is 0. The molecule has 218 valence electrons. The van der Waals surface area contributed by atoms with Crippen molar-refractivity contribution in [2.45, 2.75) is 76.0 Å². The molecule has 2 heterocycles. The monoisotopic (exact) mass is 597 g/mol. The number of benzene rings is 2. The third-order valence-corrected chi connectivity index (χ3v) is 8.34. The van der Waals surface area contributed by atoms with Gasteiger partial charge in [0.1, 0.15) is 17.0 Å². The van der Waals surface area contributed by atoms with Gasteiger partial charge in [0, 0.05) is 24.2 Å². The van der Waals surface area contributed by atoms with Crippen LogP contribution < -0.4 is 16.0 Å². The highest BCUT2D eigenvalue weighted by atomic mass is 35.5. The van der Waals surface area contributed by atoms with Crippen molar-refractivity contribution in [3.8, 4) is 0 Å². The van der Waals surface area contributed by atoms with Gasteiger partial charge >= 0.3 is 0 Å². The van der Waals surface area contributed by atoms with E-state index in [1.807, 2.05) is 20.8 Å². The van der Waals surface area contributed by atoms with Gasteiger partial charge in [0.2, 0.25) is 11.8 Å². The highest BCUT2D eigenvalue weighted by Gasteiger charge is 2.65. The Labute approximate surface area is 242 Å². The van der Waals surface area contributed by atoms with E-state index in [4.69, 9.17) is 28.3 Å². The Morgan fingerprint density at radius 2 is 1.82 bits per heavy atom. The molecule has 2 amide bonds. The molecule has 0 radical (unpaired) electrons. The molecule has 1 saturated heterocycles. The number of amides is 2. The first kappa shape index (κ1) is 30.7. The summed E-state index contributed by atoms with van der Waals surface area (Å²) in [6.45, 7) is 6.01. The summed E-state index contributed by atoms with van der Waals surface area (Å²) in [4.78, 5) is 27.8. The minimum absolute atomic E-state index is 0.142. The molecule has 5 atom stereocenters. The molecule has 0 aliphatic carbocycles. The molecule has 2 aliphatic rings. The number of hydrogen-bond acceptors (Lipinski definition) is 5. The number of carbonyl (C=O) groups excluding carboxylic acids is 2. The van der Waals surface area contributed by atoms with Gasteiger partial charge < -0.3 is 26.2 Å². The molecule has 0 bridgehead atoms. The van der Waals surface area contributed by atoms with Crippen molar-refractivity contribution in [3.63, 3.8) is 0 Å². The van der Waals surface area contributed by atoms with E-state index in [1.165, 1.54) is 30.3 Å². The van der Waals surface area contributed by atoms with Crippen molar-refractivity contribution in [3.05, 3.63) is 63.1 Å². The third-order valence-electron chi connectivity index (χ3n) is 7.76. The van der Waals surface area contributed by atoms with Crippen LogP contribution in [-0.2, 0) is 15.0 Å². The van der Waals surface area contributed by atoms with Gasteiger partial charge in [0.25, 0.3) is 0 Å². The van der Waals surface area contributed by atoms with Gasteiger partial charge in [-0.3, -0.25) is 9.59 Å². The maximum absolute atomic E-state index is 15.0. The average molecular weight is 599 g/mol. The van der Waals surface area contributed by atoms with Crippen LogP contribution in [0.3, 0.4) is 0 Å². The van der Waals surface area contributed by atoms with Gasteiger partial charge in [-0.15, -0.1) is 0 Å². The van der Waals surface area contributed by atoms with E-state index < -0.39 is 47.1 Å². The lowest BCUT2D eigenvalue weighted by atomic mass is 9.62. The Morgan fingerprint density at radius 3 is 2.48 bits per heavy atom. The van der Waals surface area contributed by atoms with Crippen LogP contribution in [0.25, 0.3) is 0 Å². The van der Waals surface area contributed by atoms with Crippen LogP contribution >= 0.6 is 23.2 Å². The van der Waals surface area contributed by atoms with Gasteiger partial charge in [-0.05, 0) is 66.5 Å². The van der Waals surface area contributed by atoms with Gasteiger partial charge in [-0.25, -0.2) is 8.78 Å². The van der Waals surface area contributed by atoms with Crippen LogP contribution in [0.2, 0.25) is 10.0 Å². The summed E-state index contributed by atoms with van der Waals surface area (Å²) in [5, 5.41) is 27.4. The van der Waals surface area contributed by atoms with E-state index in [2.05, 4.69) is 16.0 Å². The van der Waals surface area contributed by atoms with Crippen molar-refractivity contribution in [2.75, 3.05) is 18.5 Å². The molecule has 2 aliphatic heterocycles. The first-order chi connectivity index (χ1) is 18.8. The van der Waals surface area contributed by atoms with Crippen LogP contribution in [0.5, 0.6) is 0 Å². The molecule has 0 aromatic heterocycles. The zero-order chi connectivity index (χ0) is 29.4. The van der Waals surface area contributed by atoms with Crippen LogP contribution in [0.15, 0.2) is 30.3 Å². The zero-order valence-corrected chi connectivity index (χ0v) is 24.2. The maximum atomic E-state index is 15.0. The fourth-order valence-electron chi connectivity index (χ4n) is 6.06. The quantitative estimate of drug-likeness (QED) is 0.270. The van der Waals surface area contributed by atoms with Crippen molar-refractivity contribution < 1.29 is 28.6 Å². The Balaban J connectivity index is 1.80. The largest absolute Gasteiger partial charge is 0.394 e. The predicted octanol–water partition coefficient (Wildman–Crippen LogP) is 4.66. The summed E-state index contributed by atoms with van der Waals surface area (Å²) < 4.78 is 29.2. The first-order valence-corrected chi connectivity index (χ1v) is 14.1. The number of aliphatic hydroxyl groups excluding tert-OH is 2. The number of carbonyl (C=O) groups is 2. The summed E-state index contributed by atoms with van der Waals surface area (Å²) in [6.07, 6.45) is 1.19. The van der Waals surface area contributed by atoms with E-state index >= 15 is 0 Å². The van der Waals surface area contributed by atoms with Gasteiger partial charge in [-0.2, -0.15) is 0 Å². The molecule has 0 unspecified atom stereocenters. The number of aliphatic hydroxyl groups is 2. The smallest absolute Gasteiger partial charge is 0.237 e. The van der Waals surface area contributed by atoms with Crippen molar-refractivity contribution in [1.29, 1.82) is 0 Å². The van der Waals surface area contributed by atoms with Gasteiger partial charge in [0.05, 0.1) is 28.8 Å². The number of nitrogens with one attached hydrogen (secondary N) is 3. The number of hydrogen-bond donors (Lipinski definition) is 5. The maximum Gasteiger partial charge on any atom is 0.237 e. The minimum atomic E-state index is -1.43. The first-order valence-electron chi connectivity index (χ1n) is 13.4. The SMILES string of the molecule is CC(C)(C)C[C@H]1N[C@@H](C(=O)NCCCC[C@H](O)CO)[C@H](c2ccc(F)c(Cl)c2)[C@@]12C(=O)Nc1cc(Cl)c(F)cc12. The number of anilines is 1. The molecule has 2 aromatic rings. The van der Waals surface area contributed by atoms with Crippen LogP contribution in [0, 0.1) is 17.0 Å². The highest BCUT2D eigenvalue weighted by molar-refractivity contribution is 6.31. The van der Waals surface area contributed by atoms with E-state index in [-0.39, 0.29) is 28.0 Å². The summed E-state index contributed by atoms with van der Waals surface area (Å²) >= 11 is 12.2. The molecule has 2 aromatic carbocycles. The molecular formula is C29H35Cl2F2N3O4. The van der Waals surface area contributed by atoms with Gasteiger partial charge in [0.15, 0.2) is 0 Å². The van der Waals surface area contributed by atoms with Crippen LogP contribution in [-0.4, -0.2) is 53.4 Å². The molecule has 0 saturated carbocycles. The molecule has 1 fully saturated rings. The molecule has 11 heteroatoms. The van der Waals surface area contributed by atoms with E-state index in [1.54, 1.807) is 0 Å². The zero-order valence-electron chi connectivity index (χ0n) is 22.7. The lowest BCUT2D eigenvalue weighted by Gasteiger charge is -2.37. The molecule has 40 heavy (non-hydrogen) atoms. The van der Waals surface area contributed by atoms with Crippen molar-refractivity contribution in [2.24, 2.45) is 5.41 Å². The summed E-state index contributed by atoms with van der Waals surface area (Å²) in [6, 6.07) is 5.20. The average Bonchev–Trinajstić information content (AvgIpc) is 3.34. The Hall–Kier alpha value is -2.30. The second-order valence-electron chi connectivity index (χ2n) is 11.9. The normalized spacial score (nSPS) is 24.7. The molecular weight excluding hydrogens is 563 g/mol. The molecule has 4 rings (SSSR count). The Morgan fingerprint density at radius 1 is 1.12 bits per heavy atom. The Kier molecular flexibility index (Phi) is 9.12. The summed E-state index contributed by atoms with van der Waals surface area (Å²) in [5.41, 5.74) is -0.524. The number of unbranched alkanes of at least 4 members (excludes halogenated alkanes) is 1. The fourth-order valence-corrected chi connectivity index (χ4v) is 6.41. The van der Waals surface area contributed by atoms with Crippen LogP contribution in [0.4, 0.5) is 14.5 Å². The van der Waals surface area contributed by atoms with E-state index in [0.717, 1.165) is 0 Å². The third kappa shape index (κ3) is 5.85. The molecule has 7 nitrogen and oxygen atoms in total. The lowest BCUT2D eigenvalue weighted by Crippen LogP contribution is -2.49. The number of halogens is 4. The lowest BCUT2D eigenvalue weighted by molar-refractivity contribution is -0.123. The second-order valence-corrected chi connectivity index (χ2v) is 12.7. The fraction of sp³-hybridized carbons (Fsp3) is 0.517. The molecule has 5 N–H and O–H groups in total. The molecule has 1 spiro atoms. The topological polar surface area (TPSA) is 111 Å². The number of fused-ring (bicyclic) bond motifs is 2. The van der Waals surface area contributed by atoms with E-state index in [0.29, 0.717) is 49.0 Å².